The summed E-state index contributed by atoms with van der Waals surface area (Å²) < 4.78 is 0. The summed E-state index contributed by atoms with van der Waals surface area (Å²) in [4.78, 5) is 0. The van der Waals surface area contributed by atoms with Crippen molar-refractivity contribution in [2.45, 2.75) is 57.7 Å². The Morgan fingerprint density at radius 3 is 2.62 bits per heavy atom. The van der Waals surface area contributed by atoms with E-state index in [1.54, 1.807) is 0 Å². The molecule has 2 nitrogen and oxygen atoms in total. The molecule has 1 heterocycles. The summed E-state index contributed by atoms with van der Waals surface area (Å²) in [7, 11) is 0. The van der Waals surface area contributed by atoms with Crippen molar-refractivity contribution in [1.29, 1.82) is 0 Å². The van der Waals surface area contributed by atoms with Crippen LogP contribution < -0.4 is 10.6 Å². The highest BCUT2D eigenvalue weighted by atomic mass is 15.1. The molecule has 2 aliphatic rings. The fourth-order valence-electron chi connectivity index (χ4n) is 2.51. The Morgan fingerprint density at radius 2 is 2.15 bits per heavy atom. The van der Waals surface area contributed by atoms with Crippen LogP contribution in [-0.4, -0.2) is 24.7 Å². The highest BCUT2D eigenvalue weighted by molar-refractivity contribution is 4.90. The Morgan fingerprint density at radius 1 is 1.31 bits per heavy atom. The molecule has 0 spiro atoms. The Labute approximate surface area is 81.5 Å². The van der Waals surface area contributed by atoms with Crippen molar-refractivity contribution in [2.75, 3.05) is 6.54 Å². The van der Waals surface area contributed by atoms with Gasteiger partial charge in [0.25, 0.3) is 0 Å². The standard InChI is InChI=1S/C11H22N2/c1-8-5-6-10(8)13-9(2)11-4-3-7-12-11/h8-13H,3-7H2,1-2H3. The van der Waals surface area contributed by atoms with Gasteiger partial charge in [-0.25, -0.2) is 0 Å². The maximum atomic E-state index is 3.75. The monoisotopic (exact) mass is 182 g/mol. The van der Waals surface area contributed by atoms with E-state index in [-0.39, 0.29) is 0 Å². The zero-order chi connectivity index (χ0) is 9.26. The van der Waals surface area contributed by atoms with Gasteiger partial charge in [-0.15, -0.1) is 0 Å². The molecule has 0 amide bonds. The fourth-order valence-corrected chi connectivity index (χ4v) is 2.51. The molecule has 0 aromatic heterocycles. The van der Waals surface area contributed by atoms with Gasteiger partial charge in [-0.2, -0.15) is 0 Å². The topological polar surface area (TPSA) is 24.1 Å². The molecule has 1 saturated heterocycles. The summed E-state index contributed by atoms with van der Waals surface area (Å²) >= 11 is 0. The van der Waals surface area contributed by atoms with Gasteiger partial charge in [0.1, 0.15) is 0 Å². The van der Waals surface area contributed by atoms with Gasteiger partial charge in [-0.1, -0.05) is 6.92 Å². The molecule has 4 unspecified atom stereocenters. The molecule has 76 valence electrons. The van der Waals surface area contributed by atoms with Crippen molar-refractivity contribution in [3.05, 3.63) is 0 Å². The third-order valence-corrected chi connectivity index (χ3v) is 3.80. The van der Waals surface area contributed by atoms with Crippen LogP contribution in [0.25, 0.3) is 0 Å². The summed E-state index contributed by atoms with van der Waals surface area (Å²) in [6.07, 6.45) is 5.52. The second kappa shape index (κ2) is 3.97. The SMILES string of the molecule is CC1CCC1NC(C)C1CCCN1. The molecule has 0 aromatic carbocycles. The van der Waals surface area contributed by atoms with Gasteiger partial charge in [0, 0.05) is 18.1 Å². The summed E-state index contributed by atoms with van der Waals surface area (Å²) in [5.74, 6) is 0.906. The van der Waals surface area contributed by atoms with E-state index < -0.39 is 0 Å². The lowest BCUT2D eigenvalue weighted by molar-refractivity contribution is 0.201. The molecule has 2 N–H and O–H groups in total. The van der Waals surface area contributed by atoms with Crippen LogP contribution >= 0.6 is 0 Å². The predicted octanol–water partition coefficient (Wildman–Crippen LogP) is 1.51. The molecular formula is C11H22N2. The van der Waals surface area contributed by atoms with Gasteiger partial charge in [0.05, 0.1) is 0 Å². The fraction of sp³-hybridized carbons (Fsp3) is 1.00. The molecule has 1 aliphatic heterocycles. The highest BCUT2D eigenvalue weighted by Crippen LogP contribution is 2.27. The van der Waals surface area contributed by atoms with Crippen molar-refractivity contribution in [3.8, 4) is 0 Å². The second-order valence-corrected chi connectivity index (χ2v) is 4.82. The molecule has 2 heteroatoms. The molecule has 0 aromatic rings. The molecule has 2 rings (SSSR count). The number of nitrogens with one attached hydrogen (secondary N) is 2. The van der Waals surface area contributed by atoms with Gasteiger partial charge in [0.15, 0.2) is 0 Å². The first kappa shape index (κ1) is 9.47. The van der Waals surface area contributed by atoms with Crippen LogP contribution in [0.15, 0.2) is 0 Å². The van der Waals surface area contributed by atoms with Gasteiger partial charge < -0.3 is 10.6 Å². The summed E-state index contributed by atoms with van der Waals surface area (Å²) in [5, 5.41) is 7.31. The van der Waals surface area contributed by atoms with Crippen LogP contribution in [0.4, 0.5) is 0 Å². The van der Waals surface area contributed by atoms with Crippen LogP contribution in [0.2, 0.25) is 0 Å². The van der Waals surface area contributed by atoms with E-state index in [1.807, 2.05) is 0 Å². The van der Waals surface area contributed by atoms with E-state index in [1.165, 1.54) is 32.2 Å². The van der Waals surface area contributed by atoms with Crippen LogP contribution in [-0.2, 0) is 0 Å². The van der Waals surface area contributed by atoms with Gasteiger partial charge in [-0.3, -0.25) is 0 Å². The van der Waals surface area contributed by atoms with Gasteiger partial charge >= 0.3 is 0 Å². The number of hydrogen-bond acceptors (Lipinski definition) is 2. The third kappa shape index (κ3) is 2.05. The first-order chi connectivity index (χ1) is 6.27. The van der Waals surface area contributed by atoms with E-state index in [2.05, 4.69) is 24.5 Å². The number of hydrogen-bond donors (Lipinski definition) is 2. The third-order valence-electron chi connectivity index (χ3n) is 3.80. The largest absolute Gasteiger partial charge is 0.312 e. The molecular weight excluding hydrogens is 160 g/mol. The Bertz CT molecular complexity index is 163. The van der Waals surface area contributed by atoms with E-state index in [4.69, 9.17) is 0 Å². The van der Waals surface area contributed by atoms with Gasteiger partial charge in [-0.05, 0) is 45.1 Å². The van der Waals surface area contributed by atoms with Crippen LogP contribution in [0.5, 0.6) is 0 Å². The molecule has 1 aliphatic carbocycles. The minimum absolute atomic E-state index is 0.662. The van der Waals surface area contributed by atoms with Crippen molar-refractivity contribution < 1.29 is 0 Å². The molecule has 0 radical (unpaired) electrons. The van der Waals surface area contributed by atoms with Gasteiger partial charge in [0.2, 0.25) is 0 Å². The first-order valence-corrected chi connectivity index (χ1v) is 5.77. The molecule has 2 fully saturated rings. The molecule has 0 bridgehead atoms. The quantitative estimate of drug-likeness (QED) is 0.691. The van der Waals surface area contributed by atoms with E-state index in [0.717, 1.165) is 18.0 Å². The van der Waals surface area contributed by atoms with E-state index in [0.29, 0.717) is 6.04 Å². The zero-order valence-electron chi connectivity index (χ0n) is 8.84. The highest BCUT2D eigenvalue weighted by Gasteiger charge is 2.30. The van der Waals surface area contributed by atoms with Crippen LogP contribution in [0, 0.1) is 5.92 Å². The van der Waals surface area contributed by atoms with Crippen molar-refractivity contribution in [1.82, 2.24) is 10.6 Å². The lowest BCUT2D eigenvalue weighted by Crippen LogP contribution is -2.52. The normalized spacial score (nSPS) is 41.5. The minimum atomic E-state index is 0.662. The minimum Gasteiger partial charge on any atom is -0.312 e. The summed E-state index contributed by atoms with van der Waals surface area (Å²) in [6.45, 7) is 5.90. The molecule has 4 atom stereocenters. The van der Waals surface area contributed by atoms with E-state index in [9.17, 15) is 0 Å². The zero-order valence-corrected chi connectivity index (χ0v) is 8.84. The predicted molar refractivity (Wildman–Crippen MR) is 55.8 cm³/mol. The van der Waals surface area contributed by atoms with Crippen molar-refractivity contribution in [3.63, 3.8) is 0 Å². The smallest absolute Gasteiger partial charge is 0.0219 e. The van der Waals surface area contributed by atoms with Crippen molar-refractivity contribution >= 4 is 0 Å². The van der Waals surface area contributed by atoms with Crippen LogP contribution in [0.1, 0.15) is 39.5 Å². The van der Waals surface area contributed by atoms with E-state index >= 15 is 0 Å². The summed E-state index contributed by atoms with van der Waals surface area (Å²) in [5.41, 5.74) is 0. The van der Waals surface area contributed by atoms with Crippen molar-refractivity contribution in [2.24, 2.45) is 5.92 Å². The lowest BCUT2D eigenvalue weighted by Gasteiger charge is -2.38. The molecule has 13 heavy (non-hydrogen) atoms. The average Bonchev–Trinajstić information content (AvgIpc) is 2.64. The first-order valence-electron chi connectivity index (χ1n) is 5.77. The Balaban J connectivity index is 1.73. The van der Waals surface area contributed by atoms with Crippen LogP contribution in [0.3, 0.4) is 0 Å². The lowest BCUT2D eigenvalue weighted by atomic mass is 9.80. The Kier molecular flexibility index (Phi) is 2.89. The maximum absolute atomic E-state index is 3.75. The Hall–Kier alpha value is -0.0800. The second-order valence-electron chi connectivity index (χ2n) is 4.82. The average molecular weight is 182 g/mol. The number of rotatable bonds is 3. The maximum Gasteiger partial charge on any atom is 0.0219 e. The molecule has 1 saturated carbocycles. The summed E-state index contributed by atoms with van der Waals surface area (Å²) in [6, 6.07) is 2.19.